The average molecular weight is 234 g/mol. The van der Waals surface area contributed by atoms with Crippen LogP contribution in [0.15, 0.2) is 18.2 Å². The van der Waals surface area contributed by atoms with E-state index in [1.54, 1.807) is 0 Å². The van der Waals surface area contributed by atoms with Gasteiger partial charge in [0.05, 0.1) is 4.92 Å². The van der Waals surface area contributed by atoms with E-state index in [4.69, 9.17) is 15.5 Å². The van der Waals surface area contributed by atoms with Crippen LogP contribution in [0.4, 0.5) is 11.4 Å². The minimum atomic E-state index is -4.83. The lowest BCUT2D eigenvalue weighted by molar-refractivity contribution is -0.384. The summed E-state index contributed by atoms with van der Waals surface area (Å²) in [4.78, 5) is 26.6. The number of hydrogen-bond acceptors (Lipinski definition) is 5. The number of nitrogen functional groups attached to an aromatic ring is 1. The molecule has 4 N–H and O–H groups in total. The Balaban J connectivity index is 3.24. The van der Waals surface area contributed by atoms with Crippen molar-refractivity contribution in [2.75, 3.05) is 5.73 Å². The van der Waals surface area contributed by atoms with Gasteiger partial charge in [-0.2, -0.15) is 0 Å². The Morgan fingerprint density at radius 3 is 2.53 bits per heavy atom. The zero-order chi connectivity index (χ0) is 11.6. The van der Waals surface area contributed by atoms with Gasteiger partial charge < -0.3 is 10.3 Å². The normalized spacial score (nSPS) is 11.1. The van der Waals surface area contributed by atoms with Crippen LogP contribution in [0.3, 0.4) is 0 Å². The number of hydrogen-bond donors (Lipinski definition) is 3. The van der Waals surface area contributed by atoms with Crippen molar-refractivity contribution in [3.05, 3.63) is 28.3 Å². The van der Waals surface area contributed by atoms with Crippen LogP contribution >= 0.6 is 7.82 Å². The van der Waals surface area contributed by atoms with Gasteiger partial charge in [-0.05, 0) is 12.1 Å². The topological polar surface area (TPSA) is 136 Å². The van der Waals surface area contributed by atoms with E-state index in [0.29, 0.717) is 0 Å². The SMILES string of the molecule is Nc1cccc(OP(=O)(O)O)c1[N+](=O)[O-]. The third kappa shape index (κ3) is 2.91. The maximum Gasteiger partial charge on any atom is 0.525 e. The molecule has 0 amide bonds. The molecule has 0 aromatic heterocycles. The van der Waals surface area contributed by atoms with Crippen molar-refractivity contribution < 1.29 is 23.8 Å². The summed E-state index contributed by atoms with van der Waals surface area (Å²) in [6.45, 7) is 0. The van der Waals surface area contributed by atoms with E-state index in [0.717, 1.165) is 6.07 Å². The second-order valence-electron chi connectivity index (χ2n) is 2.53. The lowest BCUT2D eigenvalue weighted by atomic mass is 10.2. The van der Waals surface area contributed by atoms with Crippen LogP contribution in [-0.2, 0) is 4.57 Å². The molecule has 0 unspecified atom stereocenters. The summed E-state index contributed by atoms with van der Waals surface area (Å²) in [6.07, 6.45) is 0. The lowest BCUT2D eigenvalue weighted by Crippen LogP contribution is -1.99. The van der Waals surface area contributed by atoms with Crippen molar-refractivity contribution >= 4 is 19.2 Å². The van der Waals surface area contributed by atoms with Crippen molar-refractivity contribution in [3.63, 3.8) is 0 Å². The predicted molar refractivity (Wildman–Crippen MR) is 50.2 cm³/mol. The average Bonchev–Trinajstić information content (AvgIpc) is 1.99. The van der Waals surface area contributed by atoms with E-state index in [1.807, 2.05) is 0 Å². The van der Waals surface area contributed by atoms with Crippen LogP contribution in [-0.4, -0.2) is 14.7 Å². The van der Waals surface area contributed by atoms with Gasteiger partial charge in [-0.1, -0.05) is 6.07 Å². The van der Waals surface area contributed by atoms with E-state index in [1.165, 1.54) is 12.1 Å². The summed E-state index contributed by atoms with van der Waals surface area (Å²) in [5.41, 5.74) is 4.37. The molecular weight excluding hydrogens is 227 g/mol. The van der Waals surface area contributed by atoms with Gasteiger partial charge in [0.2, 0.25) is 5.75 Å². The molecule has 0 fully saturated rings. The minimum Gasteiger partial charge on any atom is -0.397 e. The third-order valence-corrected chi connectivity index (χ3v) is 1.86. The van der Waals surface area contributed by atoms with Gasteiger partial charge in [0.1, 0.15) is 5.69 Å². The van der Waals surface area contributed by atoms with E-state index in [-0.39, 0.29) is 5.69 Å². The molecule has 0 saturated heterocycles. The predicted octanol–water partition coefficient (Wildman–Crippen LogP) is 0.648. The Labute approximate surface area is 83.7 Å². The fourth-order valence-corrected chi connectivity index (χ4v) is 1.34. The molecule has 9 heteroatoms. The Bertz CT molecular complexity index is 441. The minimum absolute atomic E-state index is 0.231. The summed E-state index contributed by atoms with van der Waals surface area (Å²) >= 11 is 0. The van der Waals surface area contributed by atoms with Gasteiger partial charge in [-0.3, -0.25) is 19.9 Å². The molecule has 1 rings (SSSR count). The van der Waals surface area contributed by atoms with Gasteiger partial charge in [0, 0.05) is 0 Å². The van der Waals surface area contributed by atoms with Crippen molar-refractivity contribution in [2.45, 2.75) is 0 Å². The molecular formula is C6H7N2O6P. The second-order valence-corrected chi connectivity index (χ2v) is 3.70. The molecule has 0 aliphatic carbocycles. The first kappa shape index (κ1) is 11.4. The first-order valence-corrected chi connectivity index (χ1v) is 5.12. The van der Waals surface area contributed by atoms with Crippen molar-refractivity contribution in [1.29, 1.82) is 0 Å². The maximum absolute atomic E-state index is 10.5. The first-order chi connectivity index (χ1) is 6.81. The molecule has 0 aliphatic rings. The molecule has 0 heterocycles. The van der Waals surface area contributed by atoms with Crippen LogP contribution in [0.25, 0.3) is 0 Å². The molecule has 0 saturated carbocycles. The summed E-state index contributed by atoms with van der Waals surface area (Å²) < 4.78 is 14.6. The fourth-order valence-electron chi connectivity index (χ4n) is 0.936. The molecule has 15 heavy (non-hydrogen) atoms. The summed E-state index contributed by atoms with van der Waals surface area (Å²) in [5.74, 6) is -0.562. The highest BCUT2D eigenvalue weighted by atomic mass is 31.2. The smallest absolute Gasteiger partial charge is 0.397 e. The molecule has 0 spiro atoms. The van der Waals surface area contributed by atoms with Crippen molar-refractivity contribution in [2.24, 2.45) is 0 Å². The molecule has 0 radical (unpaired) electrons. The van der Waals surface area contributed by atoms with Gasteiger partial charge in [0.15, 0.2) is 0 Å². The quantitative estimate of drug-likeness (QED) is 0.302. The van der Waals surface area contributed by atoms with Gasteiger partial charge in [-0.25, -0.2) is 4.57 Å². The van der Waals surface area contributed by atoms with Gasteiger partial charge in [0.25, 0.3) is 0 Å². The highest BCUT2D eigenvalue weighted by molar-refractivity contribution is 7.46. The number of phosphoric acid groups is 1. The molecule has 0 atom stereocenters. The molecule has 0 bridgehead atoms. The number of nitrogens with two attached hydrogens (primary N) is 1. The van der Waals surface area contributed by atoms with E-state index in [2.05, 4.69) is 4.52 Å². The Hall–Kier alpha value is -1.63. The van der Waals surface area contributed by atoms with E-state index < -0.39 is 24.2 Å². The summed E-state index contributed by atoms with van der Waals surface area (Å²) in [5, 5.41) is 10.5. The zero-order valence-electron chi connectivity index (χ0n) is 7.23. The summed E-state index contributed by atoms with van der Waals surface area (Å²) in [7, 11) is -4.83. The number of rotatable bonds is 3. The second kappa shape index (κ2) is 3.85. The van der Waals surface area contributed by atoms with E-state index in [9.17, 15) is 14.7 Å². The number of para-hydroxylation sites is 1. The number of phosphoric ester groups is 1. The Kier molecular flexibility index (Phi) is 2.94. The van der Waals surface area contributed by atoms with Crippen molar-refractivity contribution in [1.82, 2.24) is 0 Å². The van der Waals surface area contributed by atoms with Gasteiger partial charge in [-0.15, -0.1) is 0 Å². The Morgan fingerprint density at radius 2 is 2.07 bits per heavy atom. The number of anilines is 1. The highest BCUT2D eigenvalue weighted by Crippen LogP contribution is 2.43. The first-order valence-electron chi connectivity index (χ1n) is 3.59. The largest absolute Gasteiger partial charge is 0.525 e. The summed E-state index contributed by atoms with van der Waals surface area (Å²) in [6, 6.07) is 3.56. The maximum atomic E-state index is 10.5. The molecule has 82 valence electrons. The highest BCUT2D eigenvalue weighted by Gasteiger charge is 2.25. The number of nitrogens with zero attached hydrogens (tertiary/aromatic N) is 1. The standard InChI is InChI=1S/C6H7N2O6P/c7-4-2-1-3-5(6(4)8(9)10)14-15(11,12)13/h1-3H,7H2,(H2,11,12,13). The molecule has 1 aromatic rings. The lowest BCUT2D eigenvalue weighted by Gasteiger charge is -2.07. The zero-order valence-corrected chi connectivity index (χ0v) is 8.13. The molecule has 8 nitrogen and oxygen atoms in total. The fraction of sp³-hybridized carbons (Fsp3) is 0. The third-order valence-electron chi connectivity index (χ3n) is 1.43. The van der Waals surface area contributed by atoms with Crippen LogP contribution in [0.1, 0.15) is 0 Å². The molecule has 0 aliphatic heterocycles. The van der Waals surface area contributed by atoms with E-state index >= 15 is 0 Å². The van der Waals surface area contributed by atoms with Crippen molar-refractivity contribution in [3.8, 4) is 5.75 Å². The van der Waals surface area contributed by atoms with Crippen LogP contribution in [0, 0.1) is 10.1 Å². The molecule has 1 aromatic carbocycles. The number of nitro benzene ring substituents is 1. The monoisotopic (exact) mass is 234 g/mol. The Morgan fingerprint density at radius 1 is 1.47 bits per heavy atom. The number of nitro groups is 1. The van der Waals surface area contributed by atoms with Crippen LogP contribution in [0.2, 0.25) is 0 Å². The van der Waals surface area contributed by atoms with Gasteiger partial charge >= 0.3 is 13.5 Å². The van der Waals surface area contributed by atoms with Crippen LogP contribution < -0.4 is 10.3 Å². The number of benzene rings is 1. The van der Waals surface area contributed by atoms with Crippen LogP contribution in [0.5, 0.6) is 5.75 Å².